The van der Waals surface area contributed by atoms with Crippen molar-refractivity contribution in [2.75, 3.05) is 0 Å². The lowest BCUT2D eigenvalue weighted by Crippen LogP contribution is -2.01. The Hall–Kier alpha value is -6.00. The third-order valence-electron chi connectivity index (χ3n) is 8.64. The van der Waals surface area contributed by atoms with Crippen LogP contribution >= 0.6 is 0 Å². The standard InChI is InChI=1S/C40H26N4/c1-3-11-27(12-4-1)29-19-23-37(41-25-29)43-35-17-9-7-15-31(35)33-21-22-34-32-16-8-10-18-36(32)44(40(34)39(33)43)38-24-20-30(26-42-38)28-13-5-2-6-14-28/h1-26H. The first kappa shape index (κ1) is 24.6. The molecule has 9 aromatic rings. The van der Waals surface area contributed by atoms with Crippen molar-refractivity contribution in [1.82, 2.24) is 19.1 Å². The van der Waals surface area contributed by atoms with Crippen molar-refractivity contribution in [3.8, 4) is 33.9 Å². The van der Waals surface area contributed by atoms with E-state index in [0.29, 0.717) is 0 Å². The van der Waals surface area contributed by atoms with Gasteiger partial charge in [0.2, 0.25) is 0 Å². The smallest absolute Gasteiger partial charge is 0.137 e. The van der Waals surface area contributed by atoms with Crippen LogP contribution in [-0.2, 0) is 0 Å². The van der Waals surface area contributed by atoms with Crippen LogP contribution in [0.5, 0.6) is 0 Å². The maximum absolute atomic E-state index is 5.04. The van der Waals surface area contributed by atoms with Gasteiger partial charge < -0.3 is 0 Å². The van der Waals surface area contributed by atoms with Crippen LogP contribution in [0.25, 0.3) is 77.5 Å². The van der Waals surface area contributed by atoms with Crippen molar-refractivity contribution in [2.45, 2.75) is 0 Å². The highest BCUT2D eigenvalue weighted by molar-refractivity contribution is 6.23. The molecule has 4 aromatic heterocycles. The number of benzene rings is 5. The van der Waals surface area contributed by atoms with Crippen LogP contribution in [-0.4, -0.2) is 19.1 Å². The Labute approximate surface area is 254 Å². The first-order valence-corrected chi connectivity index (χ1v) is 14.8. The molecule has 0 N–H and O–H groups in total. The monoisotopic (exact) mass is 562 g/mol. The molecular weight excluding hydrogens is 536 g/mol. The van der Waals surface area contributed by atoms with E-state index < -0.39 is 0 Å². The van der Waals surface area contributed by atoms with Crippen LogP contribution in [0.2, 0.25) is 0 Å². The van der Waals surface area contributed by atoms with Crippen LogP contribution < -0.4 is 0 Å². The predicted octanol–water partition coefficient (Wildman–Crippen LogP) is 10.0. The van der Waals surface area contributed by atoms with Crippen molar-refractivity contribution < 1.29 is 0 Å². The molecule has 0 fully saturated rings. The van der Waals surface area contributed by atoms with E-state index in [4.69, 9.17) is 9.97 Å². The second-order valence-corrected chi connectivity index (χ2v) is 11.1. The maximum atomic E-state index is 5.04. The first-order valence-electron chi connectivity index (χ1n) is 14.8. The largest absolute Gasteiger partial charge is 0.292 e. The number of pyridine rings is 2. The molecule has 9 rings (SSSR count). The van der Waals surface area contributed by atoms with E-state index in [0.717, 1.165) is 56.0 Å². The maximum Gasteiger partial charge on any atom is 0.137 e. The topological polar surface area (TPSA) is 35.6 Å². The van der Waals surface area contributed by atoms with Crippen molar-refractivity contribution in [3.63, 3.8) is 0 Å². The van der Waals surface area contributed by atoms with E-state index in [1.165, 1.54) is 21.5 Å². The fourth-order valence-corrected chi connectivity index (χ4v) is 6.62. The summed E-state index contributed by atoms with van der Waals surface area (Å²) in [5, 5.41) is 4.77. The number of hydrogen-bond donors (Lipinski definition) is 0. The zero-order valence-corrected chi connectivity index (χ0v) is 23.8. The first-order chi connectivity index (χ1) is 21.8. The molecule has 206 valence electrons. The van der Waals surface area contributed by atoms with Gasteiger partial charge in [0.1, 0.15) is 11.6 Å². The van der Waals surface area contributed by atoms with E-state index in [9.17, 15) is 0 Å². The number of aromatic nitrogens is 4. The predicted molar refractivity (Wildman–Crippen MR) is 182 cm³/mol. The number of nitrogens with zero attached hydrogens (tertiary/aromatic N) is 4. The fraction of sp³-hybridized carbons (Fsp3) is 0. The molecule has 4 heteroatoms. The molecule has 0 amide bonds. The molecule has 0 aliphatic carbocycles. The molecule has 0 atom stereocenters. The van der Waals surface area contributed by atoms with E-state index in [1.807, 2.05) is 24.5 Å². The molecule has 0 saturated heterocycles. The lowest BCUT2D eigenvalue weighted by atomic mass is 10.1. The van der Waals surface area contributed by atoms with Crippen LogP contribution in [0, 0.1) is 0 Å². The Balaban J connectivity index is 1.35. The van der Waals surface area contributed by atoms with E-state index in [2.05, 4.69) is 143 Å². The quantitative estimate of drug-likeness (QED) is 0.214. The highest BCUT2D eigenvalue weighted by Crippen LogP contribution is 2.41. The third kappa shape index (κ3) is 3.71. The van der Waals surface area contributed by atoms with Gasteiger partial charge in [-0.1, -0.05) is 109 Å². The Morgan fingerprint density at radius 2 is 0.727 bits per heavy atom. The van der Waals surface area contributed by atoms with Gasteiger partial charge in [-0.2, -0.15) is 0 Å². The average Bonchev–Trinajstić information content (AvgIpc) is 3.62. The van der Waals surface area contributed by atoms with Gasteiger partial charge in [0, 0.05) is 45.1 Å². The second-order valence-electron chi connectivity index (χ2n) is 11.1. The molecule has 0 saturated carbocycles. The summed E-state index contributed by atoms with van der Waals surface area (Å²) in [6, 6.07) is 51.1. The van der Waals surface area contributed by atoms with E-state index in [1.54, 1.807) is 0 Å². The highest BCUT2D eigenvalue weighted by atomic mass is 15.1. The van der Waals surface area contributed by atoms with Crippen LogP contribution in [0.4, 0.5) is 0 Å². The van der Waals surface area contributed by atoms with Crippen molar-refractivity contribution in [3.05, 3.63) is 158 Å². The van der Waals surface area contributed by atoms with Gasteiger partial charge in [0.25, 0.3) is 0 Å². The van der Waals surface area contributed by atoms with Crippen molar-refractivity contribution >= 4 is 43.6 Å². The minimum Gasteiger partial charge on any atom is -0.292 e. The second kappa shape index (κ2) is 9.79. The summed E-state index contributed by atoms with van der Waals surface area (Å²) in [6.45, 7) is 0. The molecular formula is C40H26N4. The average molecular weight is 563 g/mol. The summed E-state index contributed by atoms with van der Waals surface area (Å²) < 4.78 is 4.63. The Bertz CT molecular complexity index is 2280. The summed E-state index contributed by atoms with van der Waals surface area (Å²) in [7, 11) is 0. The van der Waals surface area contributed by atoms with Gasteiger partial charge >= 0.3 is 0 Å². The molecule has 4 heterocycles. The molecule has 0 spiro atoms. The third-order valence-corrected chi connectivity index (χ3v) is 8.64. The summed E-state index contributed by atoms with van der Waals surface area (Å²) >= 11 is 0. The molecule has 0 bridgehead atoms. The van der Waals surface area contributed by atoms with E-state index in [-0.39, 0.29) is 0 Å². The van der Waals surface area contributed by atoms with Gasteiger partial charge in [-0.3, -0.25) is 9.13 Å². The van der Waals surface area contributed by atoms with Crippen LogP contribution in [0.1, 0.15) is 0 Å². The molecule has 0 aliphatic heterocycles. The van der Waals surface area contributed by atoms with Gasteiger partial charge in [0.05, 0.1) is 22.1 Å². The fourth-order valence-electron chi connectivity index (χ4n) is 6.62. The number of para-hydroxylation sites is 2. The SMILES string of the molecule is c1ccc(-c2ccc(-n3c4ccccc4c4ccc5c6ccccc6n(-c6ccc(-c7ccccc7)cn6)c5c43)nc2)cc1. The molecule has 5 aromatic carbocycles. The van der Waals surface area contributed by atoms with Crippen molar-refractivity contribution in [2.24, 2.45) is 0 Å². The zero-order chi connectivity index (χ0) is 29.0. The Morgan fingerprint density at radius 3 is 1.14 bits per heavy atom. The summed E-state index contributed by atoms with van der Waals surface area (Å²) in [4.78, 5) is 10.1. The zero-order valence-electron chi connectivity index (χ0n) is 23.8. The van der Waals surface area contributed by atoms with E-state index >= 15 is 0 Å². The summed E-state index contributed by atoms with van der Waals surface area (Å²) in [5.74, 6) is 1.76. The lowest BCUT2D eigenvalue weighted by Gasteiger charge is -2.12. The Kier molecular flexibility index (Phi) is 5.47. The normalized spacial score (nSPS) is 11.6. The number of rotatable bonds is 4. The molecule has 0 aliphatic rings. The van der Waals surface area contributed by atoms with Crippen LogP contribution in [0.15, 0.2) is 158 Å². The lowest BCUT2D eigenvalue weighted by molar-refractivity contribution is 1.06. The van der Waals surface area contributed by atoms with Crippen LogP contribution in [0.3, 0.4) is 0 Å². The highest BCUT2D eigenvalue weighted by Gasteiger charge is 2.21. The van der Waals surface area contributed by atoms with Gasteiger partial charge in [-0.15, -0.1) is 0 Å². The Morgan fingerprint density at radius 1 is 0.318 bits per heavy atom. The molecule has 4 nitrogen and oxygen atoms in total. The minimum absolute atomic E-state index is 0.882. The summed E-state index contributed by atoms with van der Waals surface area (Å²) in [5.41, 5.74) is 8.98. The van der Waals surface area contributed by atoms with Gasteiger partial charge in [0.15, 0.2) is 0 Å². The molecule has 0 unspecified atom stereocenters. The van der Waals surface area contributed by atoms with Gasteiger partial charge in [-0.25, -0.2) is 9.97 Å². The molecule has 0 radical (unpaired) electrons. The minimum atomic E-state index is 0.882. The number of hydrogen-bond acceptors (Lipinski definition) is 2. The van der Waals surface area contributed by atoms with Gasteiger partial charge in [-0.05, 0) is 47.5 Å². The summed E-state index contributed by atoms with van der Waals surface area (Å²) in [6.07, 6.45) is 3.95. The number of fused-ring (bicyclic) bond motifs is 7. The van der Waals surface area contributed by atoms with Crippen molar-refractivity contribution in [1.29, 1.82) is 0 Å². The molecule has 44 heavy (non-hydrogen) atoms.